The summed E-state index contributed by atoms with van der Waals surface area (Å²) in [4.78, 5) is 17.2. The van der Waals surface area contributed by atoms with Crippen LogP contribution in [-0.4, -0.2) is 34.9 Å². The highest BCUT2D eigenvalue weighted by Gasteiger charge is 2.15. The molecule has 0 saturated carbocycles. The number of fused-ring (bicyclic) bond motifs is 1. The normalized spacial score (nSPS) is 10.8. The number of ether oxygens (including phenoxy) is 2. The Kier molecular flexibility index (Phi) is 5.81. The van der Waals surface area contributed by atoms with E-state index in [0.29, 0.717) is 22.9 Å². The Morgan fingerprint density at radius 1 is 1.12 bits per heavy atom. The van der Waals surface area contributed by atoms with Gasteiger partial charge in [0.15, 0.2) is 11.6 Å². The van der Waals surface area contributed by atoms with Gasteiger partial charge in [-0.3, -0.25) is 4.79 Å². The lowest BCUT2D eigenvalue weighted by Crippen LogP contribution is -2.14. The fourth-order valence-corrected chi connectivity index (χ4v) is 3.18. The average Bonchev–Trinajstić information content (AvgIpc) is 3.24. The number of carbonyl (C=O) groups excluding carboxylic acids is 1. The number of anilines is 1. The number of para-hydroxylation sites is 1. The maximum Gasteiger partial charge on any atom is 0.249 e. The van der Waals surface area contributed by atoms with Crippen molar-refractivity contribution in [2.75, 3.05) is 19.5 Å². The SMILES string of the molecule is COc1ccc(/C=C/C(=O)Nc2c(C#N)cnn2-c2ccc3ccccc3n2)c(OC)c1. The zero-order valence-electron chi connectivity index (χ0n) is 17.4. The molecule has 32 heavy (non-hydrogen) atoms. The molecule has 2 aromatic carbocycles. The second-order valence-electron chi connectivity index (χ2n) is 6.72. The summed E-state index contributed by atoms with van der Waals surface area (Å²) in [7, 11) is 3.11. The van der Waals surface area contributed by atoms with Crippen LogP contribution in [0.15, 0.2) is 66.9 Å². The van der Waals surface area contributed by atoms with Gasteiger partial charge in [0.25, 0.3) is 0 Å². The maximum atomic E-state index is 12.6. The molecule has 4 aromatic rings. The van der Waals surface area contributed by atoms with Crippen LogP contribution >= 0.6 is 0 Å². The molecule has 8 heteroatoms. The molecular formula is C24H19N5O3. The first-order valence-corrected chi connectivity index (χ1v) is 9.68. The molecule has 0 aliphatic carbocycles. The molecule has 0 atom stereocenters. The van der Waals surface area contributed by atoms with Gasteiger partial charge in [-0.25, -0.2) is 4.98 Å². The molecule has 158 valence electrons. The van der Waals surface area contributed by atoms with E-state index < -0.39 is 5.91 Å². The van der Waals surface area contributed by atoms with E-state index in [2.05, 4.69) is 15.4 Å². The minimum absolute atomic E-state index is 0.226. The van der Waals surface area contributed by atoms with E-state index in [1.807, 2.05) is 36.4 Å². The highest BCUT2D eigenvalue weighted by Crippen LogP contribution is 2.26. The number of hydrogen-bond acceptors (Lipinski definition) is 6. The Hall–Kier alpha value is -4.64. The van der Waals surface area contributed by atoms with Crippen molar-refractivity contribution in [2.24, 2.45) is 0 Å². The van der Waals surface area contributed by atoms with E-state index in [-0.39, 0.29) is 11.4 Å². The van der Waals surface area contributed by atoms with Gasteiger partial charge in [-0.1, -0.05) is 18.2 Å². The van der Waals surface area contributed by atoms with E-state index >= 15 is 0 Å². The molecule has 0 spiro atoms. The average molecular weight is 425 g/mol. The van der Waals surface area contributed by atoms with Crippen LogP contribution in [0.4, 0.5) is 5.82 Å². The van der Waals surface area contributed by atoms with Gasteiger partial charge in [-0.2, -0.15) is 15.0 Å². The molecule has 0 bridgehead atoms. The maximum absolute atomic E-state index is 12.6. The van der Waals surface area contributed by atoms with E-state index in [9.17, 15) is 10.1 Å². The minimum atomic E-state index is -0.429. The molecule has 2 heterocycles. The highest BCUT2D eigenvalue weighted by molar-refractivity contribution is 6.02. The van der Waals surface area contributed by atoms with Crippen molar-refractivity contribution in [1.82, 2.24) is 14.8 Å². The quantitative estimate of drug-likeness (QED) is 0.469. The topological polar surface area (TPSA) is 102 Å². The second kappa shape index (κ2) is 9.02. The number of amides is 1. The fraction of sp³-hybridized carbons (Fsp3) is 0.0833. The molecule has 1 amide bonds. The molecule has 0 fully saturated rings. The van der Waals surface area contributed by atoms with E-state index in [1.165, 1.54) is 17.0 Å². The lowest BCUT2D eigenvalue weighted by Gasteiger charge is -2.09. The van der Waals surface area contributed by atoms with Gasteiger partial charge in [0.1, 0.15) is 23.1 Å². The van der Waals surface area contributed by atoms with Gasteiger partial charge in [-0.15, -0.1) is 0 Å². The summed E-state index contributed by atoms with van der Waals surface area (Å²) >= 11 is 0. The molecule has 2 aromatic heterocycles. The molecule has 0 aliphatic heterocycles. The highest BCUT2D eigenvalue weighted by atomic mass is 16.5. The number of nitrogens with one attached hydrogen (secondary N) is 1. The van der Waals surface area contributed by atoms with Crippen molar-refractivity contribution in [2.45, 2.75) is 0 Å². The van der Waals surface area contributed by atoms with Crippen LogP contribution < -0.4 is 14.8 Å². The molecule has 4 rings (SSSR count). The zero-order chi connectivity index (χ0) is 22.5. The third-order valence-electron chi connectivity index (χ3n) is 4.79. The van der Waals surface area contributed by atoms with Crippen molar-refractivity contribution in [3.8, 4) is 23.4 Å². The van der Waals surface area contributed by atoms with Crippen molar-refractivity contribution in [3.05, 3.63) is 78.0 Å². The molecule has 1 N–H and O–H groups in total. The monoisotopic (exact) mass is 425 g/mol. The Balaban J connectivity index is 1.62. The summed E-state index contributed by atoms with van der Waals surface area (Å²) in [6, 6.07) is 18.7. The number of pyridine rings is 1. The van der Waals surface area contributed by atoms with Crippen LogP contribution in [0.3, 0.4) is 0 Å². The van der Waals surface area contributed by atoms with Crippen molar-refractivity contribution in [3.63, 3.8) is 0 Å². The van der Waals surface area contributed by atoms with Crippen LogP contribution in [0.25, 0.3) is 22.8 Å². The lowest BCUT2D eigenvalue weighted by atomic mass is 10.1. The Morgan fingerprint density at radius 3 is 2.75 bits per heavy atom. The number of hydrogen-bond donors (Lipinski definition) is 1. The molecule has 0 radical (unpaired) electrons. The van der Waals surface area contributed by atoms with Crippen molar-refractivity contribution < 1.29 is 14.3 Å². The predicted octanol–water partition coefficient (Wildman–Crippen LogP) is 3.96. The summed E-state index contributed by atoms with van der Waals surface area (Å²) in [6.07, 6.45) is 4.37. The molecule has 0 saturated heterocycles. The third kappa shape index (κ3) is 4.13. The molecule has 0 unspecified atom stereocenters. The third-order valence-corrected chi connectivity index (χ3v) is 4.79. The van der Waals surface area contributed by atoms with Gasteiger partial charge in [0.2, 0.25) is 5.91 Å². The summed E-state index contributed by atoms with van der Waals surface area (Å²) in [6.45, 7) is 0. The van der Waals surface area contributed by atoms with Crippen LogP contribution in [0.5, 0.6) is 11.5 Å². The van der Waals surface area contributed by atoms with Crippen molar-refractivity contribution >= 4 is 28.7 Å². The molecular weight excluding hydrogens is 406 g/mol. The van der Waals surface area contributed by atoms with Gasteiger partial charge in [0.05, 0.1) is 25.9 Å². The number of benzene rings is 2. The van der Waals surface area contributed by atoms with Gasteiger partial charge >= 0.3 is 0 Å². The van der Waals surface area contributed by atoms with Gasteiger partial charge in [-0.05, 0) is 36.4 Å². The van der Waals surface area contributed by atoms with E-state index in [4.69, 9.17) is 9.47 Å². The van der Waals surface area contributed by atoms with Crippen LogP contribution in [0, 0.1) is 11.3 Å². The number of carbonyl (C=O) groups is 1. The van der Waals surface area contributed by atoms with Crippen LogP contribution in [0.2, 0.25) is 0 Å². The summed E-state index contributed by atoms with van der Waals surface area (Å²) in [5, 5.41) is 17.4. The van der Waals surface area contributed by atoms with Gasteiger partial charge in [0, 0.05) is 23.1 Å². The van der Waals surface area contributed by atoms with E-state index in [0.717, 1.165) is 10.9 Å². The minimum Gasteiger partial charge on any atom is -0.497 e. The number of aromatic nitrogens is 3. The van der Waals surface area contributed by atoms with E-state index in [1.54, 1.807) is 44.6 Å². The first kappa shape index (κ1) is 20.6. The van der Waals surface area contributed by atoms with Gasteiger partial charge < -0.3 is 14.8 Å². The number of nitriles is 1. The Morgan fingerprint density at radius 2 is 1.97 bits per heavy atom. The molecule has 8 nitrogen and oxygen atoms in total. The Bertz CT molecular complexity index is 1370. The number of methoxy groups -OCH3 is 2. The molecule has 0 aliphatic rings. The van der Waals surface area contributed by atoms with Crippen molar-refractivity contribution in [1.29, 1.82) is 5.26 Å². The lowest BCUT2D eigenvalue weighted by molar-refractivity contribution is -0.111. The zero-order valence-corrected chi connectivity index (χ0v) is 17.4. The fourth-order valence-electron chi connectivity index (χ4n) is 3.18. The van der Waals surface area contributed by atoms with Crippen LogP contribution in [0.1, 0.15) is 11.1 Å². The standard InChI is InChI=1S/C24H19N5O3/c1-31-19-10-7-17(21(13-19)32-2)9-12-23(30)28-24-18(14-25)15-26-29(24)22-11-8-16-5-3-4-6-20(16)27-22/h3-13,15H,1-2H3,(H,28,30)/b12-9+. The predicted molar refractivity (Wildman–Crippen MR) is 121 cm³/mol. The Labute approximate surface area is 184 Å². The first-order valence-electron chi connectivity index (χ1n) is 9.68. The largest absolute Gasteiger partial charge is 0.497 e. The number of nitrogens with zero attached hydrogens (tertiary/aromatic N) is 4. The summed E-state index contributed by atoms with van der Waals surface area (Å²) < 4.78 is 12.0. The smallest absolute Gasteiger partial charge is 0.249 e. The summed E-state index contributed by atoms with van der Waals surface area (Å²) in [5.74, 6) is 1.51. The summed E-state index contributed by atoms with van der Waals surface area (Å²) in [5.41, 5.74) is 1.71. The number of rotatable bonds is 6. The first-order chi connectivity index (χ1) is 15.6. The second-order valence-corrected chi connectivity index (χ2v) is 6.72. The van der Waals surface area contributed by atoms with Crippen LogP contribution in [-0.2, 0) is 4.79 Å².